The molecular weight excluding hydrogens is 434 g/mol. The summed E-state index contributed by atoms with van der Waals surface area (Å²) in [5.74, 6) is -0.752. The monoisotopic (exact) mass is 477 g/mol. The predicted molar refractivity (Wildman–Crippen MR) is 118 cm³/mol. The van der Waals surface area contributed by atoms with Crippen molar-refractivity contribution in [2.75, 3.05) is 6.61 Å². The SMILES string of the molecule is CCC1CC(C)C(C2OC(CC)C(O)C(O)C2C)C(O)C1OC1OC(CO)C(O)C(N)C1O. The Hall–Kier alpha value is -0.400. The molecule has 0 bridgehead atoms. The molecule has 0 spiro atoms. The van der Waals surface area contributed by atoms with Crippen LogP contribution in [0.2, 0.25) is 0 Å². The van der Waals surface area contributed by atoms with E-state index in [4.69, 9.17) is 19.9 Å². The van der Waals surface area contributed by atoms with Gasteiger partial charge in [0.05, 0.1) is 43.2 Å². The van der Waals surface area contributed by atoms with Gasteiger partial charge in [-0.15, -0.1) is 0 Å². The van der Waals surface area contributed by atoms with Crippen molar-refractivity contribution in [1.29, 1.82) is 0 Å². The van der Waals surface area contributed by atoms with Crippen LogP contribution in [-0.4, -0.2) is 105 Å². The second-order valence-electron chi connectivity index (χ2n) is 10.2. The zero-order valence-electron chi connectivity index (χ0n) is 20.0. The van der Waals surface area contributed by atoms with Crippen molar-refractivity contribution in [2.24, 2.45) is 29.4 Å². The summed E-state index contributed by atoms with van der Waals surface area (Å²) in [7, 11) is 0. The number of hydrogen-bond donors (Lipinski definition) is 7. The second-order valence-corrected chi connectivity index (χ2v) is 10.2. The summed E-state index contributed by atoms with van der Waals surface area (Å²) in [5.41, 5.74) is 5.92. The first-order valence-corrected chi connectivity index (χ1v) is 12.3. The van der Waals surface area contributed by atoms with E-state index in [9.17, 15) is 30.6 Å². The van der Waals surface area contributed by atoms with Crippen molar-refractivity contribution < 1.29 is 44.8 Å². The van der Waals surface area contributed by atoms with E-state index in [2.05, 4.69) is 0 Å². The van der Waals surface area contributed by atoms with E-state index < -0.39 is 79.8 Å². The maximum Gasteiger partial charge on any atom is 0.186 e. The standard InChI is InChI=1S/C23H43NO9/c1-5-11-7-9(3)14(21-10(4)16(26)18(28)12(6-2)31-21)19(29)22(11)33-23-20(30)15(24)17(27)13(8-25)32-23/h9-23,25-30H,5-8,24H2,1-4H3. The van der Waals surface area contributed by atoms with Crippen molar-refractivity contribution in [3.8, 4) is 0 Å². The van der Waals surface area contributed by atoms with Gasteiger partial charge in [-0.3, -0.25) is 0 Å². The van der Waals surface area contributed by atoms with Crippen LogP contribution in [0.5, 0.6) is 0 Å². The number of hydrogen-bond acceptors (Lipinski definition) is 10. The molecule has 10 heteroatoms. The quantitative estimate of drug-likeness (QED) is 0.244. The second kappa shape index (κ2) is 11.1. The van der Waals surface area contributed by atoms with Crippen LogP contribution in [0.25, 0.3) is 0 Å². The lowest BCUT2D eigenvalue weighted by atomic mass is 9.65. The fraction of sp³-hybridized carbons (Fsp3) is 1.00. The molecule has 2 saturated heterocycles. The molecule has 0 radical (unpaired) electrons. The largest absolute Gasteiger partial charge is 0.394 e. The molecule has 8 N–H and O–H groups in total. The Morgan fingerprint density at radius 3 is 2.09 bits per heavy atom. The van der Waals surface area contributed by atoms with Crippen LogP contribution in [0.1, 0.15) is 47.0 Å². The molecule has 1 aliphatic carbocycles. The van der Waals surface area contributed by atoms with Crippen molar-refractivity contribution in [3.63, 3.8) is 0 Å². The third-order valence-electron chi connectivity index (χ3n) is 8.18. The summed E-state index contributed by atoms with van der Waals surface area (Å²) in [6, 6.07) is -1.07. The van der Waals surface area contributed by atoms with Gasteiger partial charge in [0.15, 0.2) is 6.29 Å². The minimum absolute atomic E-state index is 0.0333. The molecule has 0 aromatic heterocycles. The summed E-state index contributed by atoms with van der Waals surface area (Å²) in [4.78, 5) is 0. The van der Waals surface area contributed by atoms with Crippen LogP contribution in [0, 0.1) is 23.7 Å². The van der Waals surface area contributed by atoms with E-state index in [1.807, 2.05) is 27.7 Å². The van der Waals surface area contributed by atoms with Crippen LogP contribution >= 0.6 is 0 Å². The number of nitrogens with two attached hydrogens (primary N) is 1. The summed E-state index contributed by atoms with van der Waals surface area (Å²) < 4.78 is 17.9. The van der Waals surface area contributed by atoms with Gasteiger partial charge in [0, 0.05) is 11.8 Å². The Bertz CT molecular complexity index is 623. The topological polar surface area (TPSA) is 175 Å². The molecule has 3 fully saturated rings. The molecule has 194 valence electrons. The van der Waals surface area contributed by atoms with E-state index in [0.29, 0.717) is 6.42 Å². The van der Waals surface area contributed by atoms with E-state index >= 15 is 0 Å². The molecule has 3 aliphatic rings. The average molecular weight is 478 g/mol. The van der Waals surface area contributed by atoms with Crippen molar-refractivity contribution in [3.05, 3.63) is 0 Å². The van der Waals surface area contributed by atoms with Gasteiger partial charge in [-0.2, -0.15) is 0 Å². The van der Waals surface area contributed by atoms with Crippen LogP contribution < -0.4 is 5.73 Å². The highest BCUT2D eigenvalue weighted by molar-refractivity contribution is 5.01. The van der Waals surface area contributed by atoms with E-state index in [1.165, 1.54) is 0 Å². The Balaban J connectivity index is 1.83. The highest BCUT2D eigenvalue weighted by Crippen LogP contribution is 2.45. The van der Waals surface area contributed by atoms with Gasteiger partial charge in [0.25, 0.3) is 0 Å². The lowest BCUT2D eigenvalue weighted by molar-refractivity contribution is -0.314. The molecule has 15 atom stereocenters. The molecule has 0 aromatic rings. The molecule has 3 rings (SSSR count). The normalized spacial score (nSPS) is 53.7. The fourth-order valence-electron chi connectivity index (χ4n) is 6.01. The number of rotatable bonds is 6. The summed E-state index contributed by atoms with van der Waals surface area (Å²) >= 11 is 0. The van der Waals surface area contributed by atoms with Crippen LogP contribution in [0.15, 0.2) is 0 Å². The first kappa shape index (κ1) is 27.2. The van der Waals surface area contributed by atoms with Crippen molar-refractivity contribution in [1.82, 2.24) is 0 Å². The molecule has 1 saturated carbocycles. The average Bonchev–Trinajstić information content (AvgIpc) is 2.80. The van der Waals surface area contributed by atoms with Gasteiger partial charge in [-0.05, 0) is 24.7 Å². The zero-order valence-corrected chi connectivity index (χ0v) is 20.0. The lowest BCUT2D eigenvalue weighted by Gasteiger charge is -2.52. The van der Waals surface area contributed by atoms with E-state index in [1.54, 1.807) is 0 Å². The molecule has 2 heterocycles. The first-order chi connectivity index (χ1) is 15.6. The van der Waals surface area contributed by atoms with Gasteiger partial charge in [-0.1, -0.05) is 34.1 Å². The number of aliphatic hydroxyl groups is 6. The Kier molecular flexibility index (Phi) is 9.16. The van der Waals surface area contributed by atoms with Gasteiger partial charge in [0.1, 0.15) is 24.4 Å². The number of ether oxygens (including phenoxy) is 3. The Labute approximate surface area is 195 Å². The van der Waals surface area contributed by atoms with Crippen molar-refractivity contribution in [2.45, 2.75) is 114 Å². The third-order valence-corrected chi connectivity index (χ3v) is 8.18. The minimum Gasteiger partial charge on any atom is -0.394 e. The molecule has 0 aromatic carbocycles. The molecule has 2 aliphatic heterocycles. The number of aliphatic hydroxyl groups excluding tert-OH is 6. The van der Waals surface area contributed by atoms with Crippen LogP contribution in [-0.2, 0) is 14.2 Å². The molecular formula is C23H43NO9. The van der Waals surface area contributed by atoms with E-state index in [0.717, 1.165) is 12.8 Å². The minimum atomic E-state index is -1.34. The maximum absolute atomic E-state index is 11.5. The smallest absolute Gasteiger partial charge is 0.186 e. The Morgan fingerprint density at radius 2 is 1.52 bits per heavy atom. The summed E-state index contributed by atoms with van der Waals surface area (Å²) in [6.07, 6.45) is -7.50. The zero-order chi connectivity index (χ0) is 24.6. The van der Waals surface area contributed by atoms with Gasteiger partial charge < -0.3 is 50.6 Å². The maximum atomic E-state index is 11.5. The highest BCUT2D eigenvalue weighted by Gasteiger charge is 2.53. The van der Waals surface area contributed by atoms with Crippen LogP contribution in [0.3, 0.4) is 0 Å². The van der Waals surface area contributed by atoms with Gasteiger partial charge in [-0.25, -0.2) is 0 Å². The predicted octanol–water partition coefficient (Wildman–Crippen LogP) is -1.28. The van der Waals surface area contributed by atoms with Gasteiger partial charge >= 0.3 is 0 Å². The third kappa shape index (κ3) is 5.11. The van der Waals surface area contributed by atoms with Gasteiger partial charge in [0.2, 0.25) is 0 Å². The van der Waals surface area contributed by atoms with Crippen LogP contribution in [0.4, 0.5) is 0 Å². The molecule has 33 heavy (non-hydrogen) atoms. The molecule has 15 unspecified atom stereocenters. The Morgan fingerprint density at radius 1 is 0.848 bits per heavy atom. The highest BCUT2D eigenvalue weighted by atomic mass is 16.7. The van der Waals surface area contributed by atoms with Crippen molar-refractivity contribution >= 4 is 0 Å². The van der Waals surface area contributed by atoms with E-state index in [-0.39, 0.29) is 17.8 Å². The molecule has 10 nitrogen and oxygen atoms in total. The molecule has 0 amide bonds. The lowest BCUT2D eigenvalue weighted by Crippen LogP contribution is -2.65. The fourth-order valence-corrected chi connectivity index (χ4v) is 6.01. The first-order valence-electron chi connectivity index (χ1n) is 12.3. The summed E-state index contributed by atoms with van der Waals surface area (Å²) in [5, 5.41) is 62.7. The summed E-state index contributed by atoms with van der Waals surface area (Å²) in [6.45, 7) is 7.24.